The molecule has 4 heteroatoms. The highest BCUT2D eigenvalue weighted by Gasteiger charge is 2.37. The second-order valence-electron chi connectivity index (χ2n) is 7.31. The van der Waals surface area contributed by atoms with Gasteiger partial charge in [0, 0.05) is 37.2 Å². The van der Waals surface area contributed by atoms with Crippen molar-refractivity contribution in [3.8, 4) is 0 Å². The van der Waals surface area contributed by atoms with Gasteiger partial charge in [0.1, 0.15) is 0 Å². The Bertz CT molecular complexity index is 279. The molecule has 1 N–H and O–H groups in total. The molecule has 2 fully saturated rings. The second kappa shape index (κ2) is 7.21. The van der Waals surface area contributed by atoms with Crippen molar-refractivity contribution < 1.29 is 4.74 Å². The van der Waals surface area contributed by atoms with Gasteiger partial charge < -0.3 is 19.9 Å². The highest BCUT2D eigenvalue weighted by Crippen LogP contribution is 2.30. The molecule has 0 aromatic carbocycles. The van der Waals surface area contributed by atoms with E-state index in [1.807, 2.05) is 0 Å². The lowest BCUT2D eigenvalue weighted by Crippen LogP contribution is -2.50. The zero-order valence-corrected chi connectivity index (χ0v) is 13.8. The topological polar surface area (TPSA) is 27.7 Å². The van der Waals surface area contributed by atoms with Crippen LogP contribution in [0.2, 0.25) is 0 Å². The minimum atomic E-state index is 0.342. The lowest BCUT2D eigenvalue weighted by molar-refractivity contribution is 0.0772. The summed E-state index contributed by atoms with van der Waals surface area (Å²) in [4.78, 5) is 5.04. The summed E-state index contributed by atoms with van der Waals surface area (Å²) in [6, 6.07) is 1.34. The summed E-state index contributed by atoms with van der Waals surface area (Å²) >= 11 is 0. The largest absolute Gasteiger partial charge is 0.381 e. The van der Waals surface area contributed by atoms with Gasteiger partial charge in [-0.1, -0.05) is 13.8 Å². The van der Waals surface area contributed by atoms with Gasteiger partial charge in [-0.2, -0.15) is 0 Å². The first-order chi connectivity index (χ1) is 9.51. The van der Waals surface area contributed by atoms with Crippen molar-refractivity contribution in [1.82, 2.24) is 15.1 Å². The average Bonchev–Trinajstić information content (AvgIpc) is 2.86. The smallest absolute Gasteiger partial charge is 0.0547 e. The molecule has 0 aromatic rings. The van der Waals surface area contributed by atoms with E-state index in [9.17, 15) is 0 Å². The number of ether oxygens (including phenoxy) is 1. The first-order valence-corrected chi connectivity index (χ1v) is 8.21. The van der Waals surface area contributed by atoms with Crippen molar-refractivity contribution in [2.45, 2.75) is 45.2 Å². The Morgan fingerprint density at radius 2 is 2.00 bits per heavy atom. The van der Waals surface area contributed by atoms with E-state index < -0.39 is 0 Å². The standard InChI is InChI=1S/C16H33N3O/c1-14(2)17-11-16(7-10-20-13-16)12-19-8-5-15(6-9-19)18(3)4/h14-15,17H,5-13H2,1-4H3. The van der Waals surface area contributed by atoms with Crippen LogP contribution in [0.3, 0.4) is 0 Å². The molecule has 1 atom stereocenters. The quantitative estimate of drug-likeness (QED) is 0.798. The van der Waals surface area contributed by atoms with Crippen LogP contribution >= 0.6 is 0 Å². The highest BCUT2D eigenvalue weighted by molar-refractivity contribution is 4.90. The van der Waals surface area contributed by atoms with Crippen LogP contribution < -0.4 is 5.32 Å². The van der Waals surface area contributed by atoms with Crippen LogP contribution in [0.4, 0.5) is 0 Å². The van der Waals surface area contributed by atoms with Crippen molar-refractivity contribution in [3.63, 3.8) is 0 Å². The number of nitrogens with zero attached hydrogens (tertiary/aromatic N) is 2. The molecule has 0 amide bonds. The van der Waals surface area contributed by atoms with Gasteiger partial charge in [0.2, 0.25) is 0 Å². The summed E-state index contributed by atoms with van der Waals surface area (Å²) in [7, 11) is 4.42. The Morgan fingerprint density at radius 3 is 2.50 bits per heavy atom. The van der Waals surface area contributed by atoms with Gasteiger partial charge in [-0.3, -0.25) is 0 Å². The maximum Gasteiger partial charge on any atom is 0.0547 e. The SMILES string of the molecule is CC(C)NCC1(CN2CCC(N(C)C)CC2)CCOC1. The number of nitrogens with one attached hydrogen (secondary N) is 1. The molecule has 20 heavy (non-hydrogen) atoms. The van der Waals surface area contributed by atoms with Crippen LogP contribution in [-0.4, -0.2) is 75.4 Å². The van der Waals surface area contributed by atoms with Gasteiger partial charge in [-0.25, -0.2) is 0 Å². The van der Waals surface area contributed by atoms with Crippen LogP contribution in [0.25, 0.3) is 0 Å². The molecule has 0 saturated carbocycles. The van der Waals surface area contributed by atoms with Crippen LogP contribution in [0.15, 0.2) is 0 Å². The zero-order valence-electron chi connectivity index (χ0n) is 13.8. The lowest BCUT2D eigenvalue weighted by atomic mass is 9.85. The fourth-order valence-electron chi connectivity index (χ4n) is 3.46. The Morgan fingerprint density at radius 1 is 1.30 bits per heavy atom. The number of hydrogen-bond acceptors (Lipinski definition) is 4. The van der Waals surface area contributed by atoms with Gasteiger partial charge in [-0.05, 0) is 46.4 Å². The molecular formula is C16H33N3O. The van der Waals surface area contributed by atoms with Crippen molar-refractivity contribution in [2.75, 3.05) is 53.5 Å². The first-order valence-electron chi connectivity index (χ1n) is 8.21. The first kappa shape index (κ1) is 16.2. The lowest BCUT2D eigenvalue weighted by Gasteiger charge is -2.40. The molecule has 0 aromatic heterocycles. The van der Waals surface area contributed by atoms with E-state index >= 15 is 0 Å². The fraction of sp³-hybridized carbons (Fsp3) is 1.00. The number of likely N-dealkylation sites (tertiary alicyclic amines) is 1. The van der Waals surface area contributed by atoms with E-state index in [1.165, 1.54) is 38.9 Å². The molecule has 0 aliphatic carbocycles. The summed E-state index contributed by atoms with van der Waals surface area (Å²) < 4.78 is 5.72. The van der Waals surface area contributed by atoms with Crippen LogP contribution in [0.1, 0.15) is 33.1 Å². The Balaban J connectivity index is 1.83. The molecule has 0 bridgehead atoms. The maximum atomic E-state index is 5.72. The average molecular weight is 283 g/mol. The Kier molecular flexibility index (Phi) is 5.84. The normalized spacial score (nSPS) is 29.7. The molecule has 2 rings (SSSR count). The number of rotatable bonds is 6. The summed E-state index contributed by atoms with van der Waals surface area (Å²) in [6.07, 6.45) is 3.82. The Labute approximate surface area is 124 Å². The summed E-state index contributed by atoms with van der Waals surface area (Å²) in [6.45, 7) is 11.1. The van der Waals surface area contributed by atoms with E-state index in [-0.39, 0.29) is 0 Å². The number of piperidine rings is 1. The van der Waals surface area contributed by atoms with Crippen molar-refractivity contribution >= 4 is 0 Å². The van der Waals surface area contributed by atoms with E-state index in [0.29, 0.717) is 11.5 Å². The van der Waals surface area contributed by atoms with Crippen molar-refractivity contribution in [3.05, 3.63) is 0 Å². The molecule has 2 saturated heterocycles. The molecule has 2 aliphatic rings. The summed E-state index contributed by atoms with van der Waals surface area (Å²) in [5.41, 5.74) is 0.342. The monoisotopic (exact) mass is 283 g/mol. The van der Waals surface area contributed by atoms with E-state index in [2.05, 4.69) is 43.1 Å². The fourth-order valence-corrected chi connectivity index (χ4v) is 3.46. The van der Waals surface area contributed by atoms with Gasteiger partial charge in [-0.15, -0.1) is 0 Å². The summed E-state index contributed by atoms with van der Waals surface area (Å²) in [5.74, 6) is 0. The zero-order chi connectivity index (χ0) is 14.6. The maximum absolute atomic E-state index is 5.72. The van der Waals surface area contributed by atoms with Crippen molar-refractivity contribution in [2.24, 2.45) is 5.41 Å². The van der Waals surface area contributed by atoms with E-state index in [1.54, 1.807) is 0 Å². The third-order valence-corrected chi connectivity index (χ3v) is 4.92. The molecule has 118 valence electrons. The van der Waals surface area contributed by atoms with Crippen molar-refractivity contribution in [1.29, 1.82) is 0 Å². The van der Waals surface area contributed by atoms with Gasteiger partial charge in [0.25, 0.3) is 0 Å². The molecule has 2 aliphatic heterocycles. The molecular weight excluding hydrogens is 250 g/mol. The third kappa shape index (κ3) is 4.42. The molecule has 4 nitrogen and oxygen atoms in total. The molecule has 0 radical (unpaired) electrons. The highest BCUT2D eigenvalue weighted by atomic mass is 16.5. The number of hydrogen-bond donors (Lipinski definition) is 1. The van der Waals surface area contributed by atoms with Crippen LogP contribution in [0.5, 0.6) is 0 Å². The summed E-state index contributed by atoms with van der Waals surface area (Å²) in [5, 5.41) is 3.63. The molecule has 0 spiro atoms. The van der Waals surface area contributed by atoms with Crippen LogP contribution in [-0.2, 0) is 4.74 Å². The van der Waals surface area contributed by atoms with Gasteiger partial charge in [0.15, 0.2) is 0 Å². The van der Waals surface area contributed by atoms with Gasteiger partial charge >= 0.3 is 0 Å². The minimum Gasteiger partial charge on any atom is -0.381 e. The third-order valence-electron chi connectivity index (χ3n) is 4.92. The van der Waals surface area contributed by atoms with Gasteiger partial charge in [0.05, 0.1) is 6.61 Å². The van der Waals surface area contributed by atoms with Crippen LogP contribution in [0, 0.1) is 5.41 Å². The predicted octanol–water partition coefficient (Wildman–Crippen LogP) is 1.42. The molecule has 2 heterocycles. The Hall–Kier alpha value is -0.160. The minimum absolute atomic E-state index is 0.342. The van der Waals surface area contributed by atoms with E-state index in [4.69, 9.17) is 4.74 Å². The van der Waals surface area contributed by atoms with E-state index in [0.717, 1.165) is 25.8 Å². The molecule has 1 unspecified atom stereocenters. The second-order valence-corrected chi connectivity index (χ2v) is 7.31. The predicted molar refractivity (Wildman–Crippen MR) is 84.2 cm³/mol.